The highest BCUT2D eigenvalue weighted by Crippen LogP contribution is 2.22. The van der Waals surface area contributed by atoms with Crippen LogP contribution < -0.4 is 0 Å². The topological polar surface area (TPSA) is 30.7 Å². The van der Waals surface area contributed by atoms with Gasteiger partial charge in [-0.15, -0.1) is 5.10 Å². The van der Waals surface area contributed by atoms with Crippen LogP contribution in [0.4, 0.5) is 0 Å². The maximum atomic E-state index is 4.16. The van der Waals surface area contributed by atoms with Gasteiger partial charge in [-0.1, -0.05) is 21.1 Å². The van der Waals surface area contributed by atoms with Crippen LogP contribution in [0.15, 0.2) is 16.6 Å². The summed E-state index contributed by atoms with van der Waals surface area (Å²) in [6.45, 7) is 2.97. The molecule has 1 heterocycles. The summed E-state index contributed by atoms with van der Waals surface area (Å²) in [5, 5.41) is 8.30. The van der Waals surface area contributed by atoms with E-state index in [0.717, 1.165) is 27.8 Å². The van der Waals surface area contributed by atoms with Crippen LogP contribution in [0, 0.1) is 6.92 Å². The lowest BCUT2D eigenvalue weighted by Crippen LogP contribution is -2.02. The van der Waals surface area contributed by atoms with Crippen LogP contribution in [0.25, 0.3) is 11.0 Å². The minimum absolute atomic E-state index is 0.910. The lowest BCUT2D eigenvalue weighted by atomic mass is 10.2. The van der Waals surface area contributed by atoms with E-state index in [-0.39, 0.29) is 0 Å². The molecule has 0 atom stereocenters. The summed E-state index contributed by atoms with van der Waals surface area (Å²) in [6.07, 6.45) is 2.10. The monoisotopic (exact) mass is 285 g/mol. The van der Waals surface area contributed by atoms with Crippen molar-refractivity contribution in [3.63, 3.8) is 0 Å². The Morgan fingerprint density at radius 3 is 3.00 bits per heavy atom. The van der Waals surface area contributed by atoms with E-state index >= 15 is 0 Å². The molecule has 0 aliphatic rings. The second-order valence-corrected chi connectivity index (χ2v) is 5.24. The summed E-state index contributed by atoms with van der Waals surface area (Å²) in [5.41, 5.74) is 3.26. The van der Waals surface area contributed by atoms with Crippen LogP contribution in [0.2, 0.25) is 0 Å². The molecule has 0 aliphatic carbocycles. The van der Waals surface area contributed by atoms with Crippen LogP contribution in [0.5, 0.6) is 0 Å². The molecule has 0 bridgehead atoms. The Hall–Kier alpha value is -0.550. The Bertz CT molecular complexity index is 481. The molecule has 0 radical (unpaired) electrons. The van der Waals surface area contributed by atoms with E-state index in [4.69, 9.17) is 0 Å². The van der Waals surface area contributed by atoms with Crippen molar-refractivity contribution in [2.45, 2.75) is 13.5 Å². The average Bonchev–Trinajstić information content (AvgIpc) is 2.59. The normalized spacial score (nSPS) is 11.1. The smallest absolute Gasteiger partial charge is 0.113 e. The van der Waals surface area contributed by atoms with Gasteiger partial charge in [-0.3, -0.25) is 0 Å². The van der Waals surface area contributed by atoms with Gasteiger partial charge in [0.15, 0.2) is 0 Å². The standard InChI is InChI=1S/C10H12BrN3S/c1-7-5-9-10(6-8(7)11)14(13-12-9)3-4-15-2/h5-6H,3-4H2,1-2H3. The van der Waals surface area contributed by atoms with Crippen LogP contribution in [-0.4, -0.2) is 27.0 Å². The summed E-state index contributed by atoms with van der Waals surface area (Å²) in [6, 6.07) is 4.15. The van der Waals surface area contributed by atoms with Crippen LogP contribution >= 0.6 is 27.7 Å². The van der Waals surface area contributed by atoms with Crippen molar-refractivity contribution >= 4 is 38.7 Å². The van der Waals surface area contributed by atoms with Gasteiger partial charge in [0, 0.05) is 10.2 Å². The van der Waals surface area contributed by atoms with Gasteiger partial charge in [-0.2, -0.15) is 11.8 Å². The fourth-order valence-corrected chi connectivity index (χ4v) is 2.12. The second-order valence-electron chi connectivity index (χ2n) is 3.40. The van der Waals surface area contributed by atoms with Crippen LogP contribution in [0.1, 0.15) is 5.56 Å². The first-order chi connectivity index (χ1) is 7.22. The molecule has 0 amide bonds. The van der Waals surface area contributed by atoms with E-state index in [9.17, 15) is 0 Å². The van der Waals surface area contributed by atoms with Crippen molar-refractivity contribution in [2.75, 3.05) is 12.0 Å². The highest BCUT2D eigenvalue weighted by molar-refractivity contribution is 9.10. The molecule has 5 heteroatoms. The predicted molar refractivity (Wildman–Crippen MR) is 68.3 cm³/mol. The molecule has 0 N–H and O–H groups in total. The molecule has 15 heavy (non-hydrogen) atoms. The summed E-state index contributed by atoms with van der Waals surface area (Å²) >= 11 is 5.34. The van der Waals surface area contributed by atoms with E-state index in [2.05, 4.69) is 51.6 Å². The predicted octanol–water partition coefficient (Wildman–Crippen LogP) is 2.87. The number of aromatic nitrogens is 3. The molecule has 1 aromatic heterocycles. The number of halogens is 1. The molecule has 0 aliphatic heterocycles. The number of fused-ring (bicyclic) bond motifs is 1. The quantitative estimate of drug-likeness (QED) is 0.869. The third-order valence-electron chi connectivity index (χ3n) is 2.30. The minimum atomic E-state index is 0.910. The second kappa shape index (κ2) is 4.53. The van der Waals surface area contributed by atoms with Gasteiger partial charge in [0.2, 0.25) is 0 Å². The van der Waals surface area contributed by atoms with Gasteiger partial charge >= 0.3 is 0 Å². The zero-order valence-corrected chi connectivity index (χ0v) is 11.1. The first-order valence-electron chi connectivity index (χ1n) is 4.70. The van der Waals surface area contributed by atoms with Gasteiger partial charge in [0.25, 0.3) is 0 Å². The zero-order chi connectivity index (χ0) is 10.8. The van der Waals surface area contributed by atoms with Crippen molar-refractivity contribution in [3.8, 4) is 0 Å². The summed E-state index contributed by atoms with van der Waals surface area (Å²) in [7, 11) is 0. The number of nitrogens with zero attached hydrogens (tertiary/aromatic N) is 3. The molecule has 0 spiro atoms. The number of benzene rings is 1. The SMILES string of the molecule is CSCCn1nnc2cc(C)c(Br)cc21. The van der Waals surface area contributed by atoms with E-state index in [1.54, 1.807) is 0 Å². The highest BCUT2D eigenvalue weighted by atomic mass is 79.9. The first-order valence-corrected chi connectivity index (χ1v) is 6.89. The maximum absolute atomic E-state index is 4.16. The minimum Gasteiger partial charge on any atom is -0.244 e. The van der Waals surface area contributed by atoms with Crippen molar-refractivity contribution in [2.24, 2.45) is 0 Å². The van der Waals surface area contributed by atoms with E-state index < -0.39 is 0 Å². The Labute approximate surface area is 101 Å². The Balaban J connectivity index is 2.45. The molecular weight excluding hydrogens is 274 g/mol. The third-order valence-corrected chi connectivity index (χ3v) is 3.75. The third kappa shape index (κ3) is 2.18. The van der Waals surface area contributed by atoms with Crippen molar-refractivity contribution in [1.29, 1.82) is 0 Å². The van der Waals surface area contributed by atoms with E-state index in [1.807, 2.05) is 16.4 Å². The Morgan fingerprint density at radius 1 is 1.47 bits per heavy atom. The van der Waals surface area contributed by atoms with Crippen molar-refractivity contribution in [3.05, 3.63) is 22.2 Å². The fraction of sp³-hybridized carbons (Fsp3) is 0.400. The van der Waals surface area contributed by atoms with E-state index in [1.165, 1.54) is 5.56 Å². The largest absolute Gasteiger partial charge is 0.244 e. The number of aryl methyl sites for hydroxylation is 2. The van der Waals surface area contributed by atoms with Gasteiger partial charge in [0.1, 0.15) is 5.52 Å². The Morgan fingerprint density at radius 2 is 2.27 bits per heavy atom. The molecule has 0 fully saturated rings. The molecular formula is C10H12BrN3S. The molecule has 80 valence electrons. The Kier molecular flexibility index (Phi) is 3.31. The van der Waals surface area contributed by atoms with Gasteiger partial charge in [-0.05, 0) is 30.9 Å². The molecule has 0 saturated carbocycles. The molecule has 2 aromatic rings. The van der Waals surface area contributed by atoms with E-state index in [0.29, 0.717) is 0 Å². The first kappa shape index (κ1) is 11.0. The molecule has 3 nitrogen and oxygen atoms in total. The molecule has 2 rings (SSSR count). The summed E-state index contributed by atoms with van der Waals surface area (Å²) in [4.78, 5) is 0. The fourth-order valence-electron chi connectivity index (χ4n) is 1.44. The molecule has 0 unspecified atom stereocenters. The van der Waals surface area contributed by atoms with Crippen molar-refractivity contribution in [1.82, 2.24) is 15.0 Å². The maximum Gasteiger partial charge on any atom is 0.113 e. The highest BCUT2D eigenvalue weighted by Gasteiger charge is 2.06. The van der Waals surface area contributed by atoms with Crippen molar-refractivity contribution < 1.29 is 0 Å². The van der Waals surface area contributed by atoms with Gasteiger partial charge in [0.05, 0.1) is 12.1 Å². The molecule has 0 saturated heterocycles. The number of hydrogen-bond acceptors (Lipinski definition) is 3. The zero-order valence-electron chi connectivity index (χ0n) is 8.70. The average molecular weight is 286 g/mol. The van der Waals surface area contributed by atoms with Gasteiger partial charge in [-0.25, -0.2) is 4.68 Å². The van der Waals surface area contributed by atoms with Crippen LogP contribution in [0.3, 0.4) is 0 Å². The number of hydrogen-bond donors (Lipinski definition) is 0. The summed E-state index contributed by atoms with van der Waals surface area (Å²) in [5.74, 6) is 1.06. The lowest BCUT2D eigenvalue weighted by molar-refractivity contribution is 0.652. The molecule has 1 aromatic carbocycles. The van der Waals surface area contributed by atoms with Crippen LogP contribution in [-0.2, 0) is 6.54 Å². The number of rotatable bonds is 3. The van der Waals surface area contributed by atoms with Gasteiger partial charge < -0.3 is 0 Å². The lowest BCUT2D eigenvalue weighted by Gasteiger charge is -2.01. The summed E-state index contributed by atoms with van der Waals surface area (Å²) < 4.78 is 3.07. The number of thioether (sulfide) groups is 1.